The van der Waals surface area contributed by atoms with Gasteiger partial charge in [-0.15, -0.1) is 0 Å². The van der Waals surface area contributed by atoms with Gasteiger partial charge in [-0.1, -0.05) is 30.3 Å². The zero-order valence-corrected chi connectivity index (χ0v) is 12.3. The number of aryl methyl sites for hydroxylation is 1. The quantitative estimate of drug-likeness (QED) is 0.857. The molecule has 2 rings (SSSR count). The van der Waals surface area contributed by atoms with Crippen LogP contribution in [0.5, 0.6) is 5.75 Å². The van der Waals surface area contributed by atoms with E-state index in [-0.39, 0.29) is 12.5 Å². The van der Waals surface area contributed by atoms with Crippen molar-refractivity contribution in [2.24, 2.45) is 0 Å². The van der Waals surface area contributed by atoms with Crippen LogP contribution in [0.4, 0.5) is 5.69 Å². The Hall–Kier alpha value is -2.33. The van der Waals surface area contributed by atoms with Crippen molar-refractivity contribution in [2.75, 3.05) is 19.0 Å². The number of hydrogen-bond donors (Lipinski definition) is 2. The first-order valence-electron chi connectivity index (χ1n) is 6.88. The van der Waals surface area contributed by atoms with Gasteiger partial charge in [0.15, 0.2) is 0 Å². The molecule has 0 saturated carbocycles. The minimum absolute atomic E-state index is 0.0597. The SMILES string of the molecule is COc1ccccc1CNCC(=O)Nc1cccc(C)c1. The summed E-state index contributed by atoms with van der Waals surface area (Å²) >= 11 is 0. The Kier molecular flexibility index (Phi) is 5.35. The molecule has 0 radical (unpaired) electrons. The van der Waals surface area contributed by atoms with E-state index in [9.17, 15) is 4.79 Å². The molecular weight excluding hydrogens is 264 g/mol. The summed E-state index contributed by atoms with van der Waals surface area (Å²) in [4.78, 5) is 11.9. The second-order valence-electron chi connectivity index (χ2n) is 4.83. The monoisotopic (exact) mass is 284 g/mol. The van der Waals surface area contributed by atoms with E-state index in [2.05, 4.69) is 10.6 Å². The van der Waals surface area contributed by atoms with Gasteiger partial charge in [0.25, 0.3) is 0 Å². The molecule has 0 saturated heterocycles. The molecule has 4 nitrogen and oxygen atoms in total. The largest absolute Gasteiger partial charge is 0.496 e. The molecule has 0 bridgehead atoms. The number of amides is 1. The van der Waals surface area contributed by atoms with Gasteiger partial charge in [0.2, 0.25) is 5.91 Å². The van der Waals surface area contributed by atoms with E-state index in [0.717, 1.165) is 22.6 Å². The maximum atomic E-state index is 11.9. The number of anilines is 1. The second-order valence-corrected chi connectivity index (χ2v) is 4.83. The van der Waals surface area contributed by atoms with Gasteiger partial charge in [-0.25, -0.2) is 0 Å². The minimum atomic E-state index is -0.0597. The number of ether oxygens (including phenoxy) is 1. The van der Waals surface area contributed by atoms with Crippen LogP contribution >= 0.6 is 0 Å². The molecular formula is C17H20N2O2. The van der Waals surface area contributed by atoms with E-state index < -0.39 is 0 Å². The average Bonchev–Trinajstić information content (AvgIpc) is 2.47. The molecule has 0 aliphatic heterocycles. The van der Waals surface area contributed by atoms with E-state index in [1.165, 1.54) is 0 Å². The van der Waals surface area contributed by atoms with Crippen LogP contribution in [-0.4, -0.2) is 19.6 Å². The summed E-state index contributed by atoms with van der Waals surface area (Å²) in [6.45, 7) is 2.84. The summed E-state index contributed by atoms with van der Waals surface area (Å²) in [5.41, 5.74) is 2.97. The molecule has 0 fully saturated rings. The lowest BCUT2D eigenvalue weighted by molar-refractivity contribution is -0.115. The molecule has 0 aliphatic carbocycles. The lowest BCUT2D eigenvalue weighted by Gasteiger charge is -2.10. The summed E-state index contributed by atoms with van der Waals surface area (Å²) in [5.74, 6) is 0.764. The van der Waals surface area contributed by atoms with Crippen molar-refractivity contribution >= 4 is 11.6 Å². The maximum Gasteiger partial charge on any atom is 0.238 e. The van der Waals surface area contributed by atoms with Crippen LogP contribution in [0.15, 0.2) is 48.5 Å². The third-order valence-electron chi connectivity index (χ3n) is 3.10. The third kappa shape index (κ3) is 4.61. The molecule has 1 amide bonds. The fourth-order valence-corrected chi connectivity index (χ4v) is 2.09. The molecule has 2 aromatic rings. The molecule has 110 valence electrons. The molecule has 2 N–H and O–H groups in total. The van der Waals surface area contributed by atoms with Gasteiger partial charge in [0.1, 0.15) is 5.75 Å². The number of rotatable bonds is 6. The topological polar surface area (TPSA) is 50.4 Å². The highest BCUT2D eigenvalue weighted by atomic mass is 16.5. The third-order valence-corrected chi connectivity index (χ3v) is 3.10. The Morgan fingerprint density at radius 1 is 1.14 bits per heavy atom. The predicted octanol–water partition coefficient (Wildman–Crippen LogP) is 2.73. The Morgan fingerprint density at radius 2 is 1.95 bits per heavy atom. The highest BCUT2D eigenvalue weighted by molar-refractivity contribution is 5.92. The maximum absolute atomic E-state index is 11.9. The lowest BCUT2D eigenvalue weighted by Crippen LogP contribution is -2.27. The van der Waals surface area contributed by atoms with E-state index in [1.54, 1.807) is 7.11 Å². The Balaban J connectivity index is 1.82. The van der Waals surface area contributed by atoms with E-state index >= 15 is 0 Å². The molecule has 0 unspecified atom stereocenters. The molecule has 21 heavy (non-hydrogen) atoms. The number of carbonyl (C=O) groups excluding carboxylic acids is 1. The van der Waals surface area contributed by atoms with Crippen LogP contribution in [0.3, 0.4) is 0 Å². The molecule has 4 heteroatoms. The fraction of sp³-hybridized carbons (Fsp3) is 0.235. The highest BCUT2D eigenvalue weighted by Crippen LogP contribution is 2.16. The number of nitrogens with one attached hydrogen (secondary N) is 2. The van der Waals surface area contributed by atoms with Crippen LogP contribution in [0.25, 0.3) is 0 Å². The van der Waals surface area contributed by atoms with Crippen molar-refractivity contribution in [2.45, 2.75) is 13.5 Å². The van der Waals surface area contributed by atoms with Crippen molar-refractivity contribution in [3.8, 4) is 5.75 Å². The van der Waals surface area contributed by atoms with E-state index in [4.69, 9.17) is 4.74 Å². The van der Waals surface area contributed by atoms with Gasteiger partial charge in [-0.3, -0.25) is 4.79 Å². The summed E-state index contributed by atoms with van der Waals surface area (Å²) in [6, 6.07) is 15.5. The van der Waals surface area contributed by atoms with Gasteiger partial charge in [-0.2, -0.15) is 0 Å². The number of para-hydroxylation sites is 1. The minimum Gasteiger partial charge on any atom is -0.496 e. The van der Waals surface area contributed by atoms with Crippen molar-refractivity contribution in [3.63, 3.8) is 0 Å². The van der Waals surface area contributed by atoms with Gasteiger partial charge in [0, 0.05) is 17.8 Å². The van der Waals surface area contributed by atoms with Crippen LogP contribution in [-0.2, 0) is 11.3 Å². The summed E-state index contributed by atoms with van der Waals surface area (Å²) < 4.78 is 5.27. The lowest BCUT2D eigenvalue weighted by atomic mass is 10.2. The Bertz CT molecular complexity index is 611. The average molecular weight is 284 g/mol. The van der Waals surface area contributed by atoms with Gasteiger partial charge in [0.05, 0.1) is 13.7 Å². The molecule has 2 aromatic carbocycles. The second kappa shape index (κ2) is 7.45. The first-order chi connectivity index (χ1) is 10.2. The zero-order valence-electron chi connectivity index (χ0n) is 12.3. The molecule has 0 atom stereocenters. The van der Waals surface area contributed by atoms with Crippen LogP contribution < -0.4 is 15.4 Å². The van der Waals surface area contributed by atoms with Crippen LogP contribution in [0.2, 0.25) is 0 Å². The van der Waals surface area contributed by atoms with Crippen molar-refractivity contribution in [1.29, 1.82) is 0 Å². The smallest absolute Gasteiger partial charge is 0.238 e. The highest BCUT2D eigenvalue weighted by Gasteiger charge is 2.04. The first-order valence-corrected chi connectivity index (χ1v) is 6.88. The van der Waals surface area contributed by atoms with Gasteiger partial charge >= 0.3 is 0 Å². The number of benzene rings is 2. The Labute approximate surface area is 125 Å². The molecule has 0 spiro atoms. The number of carbonyl (C=O) groups is 1. The Morgan fingerprint density at radius 3 is 2.71 bits per heavy atom. The van der Waals surface area contributed by atoms with Crippen molar-refractivity contribution < 1.29 is 9.53 Å². The standard InChI is InChI=1S/C17H20N2O2/c1-13-6-5-8-15(10-13)19-17(20)12-18-11-14-7-3-4-9-16(14)21-2/h3-10,18H,11-12H2,1-2H3,(H,19,20). The fourth-order valence-electron chi connectivity index (χ4n) is 2.09. The van der Waals surface area contributed by atoms with Gasteiger partial charge < -0.3 is 15.4 Å². The summed E-state index contributed by atoms with van der Waals surface area (Å²) in [6.07, 6.45) is 0. The van der Waals surface area contributed by atoms with Crippen molar-refractivity contribution in [3.05, 3.63) is 59.7 Å². The summed E-state index contributed by atoms with van der Waals surface area (Å²) in [5, 5.41) is 5.98. The first kappa shape index (κ1) is 15.1. The van der Waals surface area contributed by atoms with Gasteiger partial charge in [-0.05, 0) is 30.7 Å². The van der Waals surface area contributed by atoms with E-state index in [0.29, 0.717) is 6.54 Å². The zero-order chi connectivity index (χ0) is 15.1. The summed E-state index contributed by atoms with van der Waals surface area (Å²) in [7, 11) is 1.64. The number of hydrogen-bond acceptors (Lipinski definition) is 3. The molecule has 0 aromatic heterocycles. The predicted molar refractivity (Wildman–Crippen MR) is 84.5 cm³/mol. The molecule has 0 heterocycles. The van der Waals surface area contributed by atoms with E-state index in [1.807, 2.05) is 55.5 Å². The normalized spacial score (nSPS) is 10.2. The molecule has 0 aliphatic rings. The number of methoxy groups -OCH3 is 1. The van der Waals surface area contributed by atoms with Crippen LogP contribution in [0, 0.1) is 6.92 Å². The van der Waals surface area contributed by atoms with Crippen molar-refractivity contribution in [1.82, 2.24) is 5.32 Å². The van der Waals surface area contributed by atoms with Crippen LogP contribution in [0.1, 0.15) is 11.1 Å².